The van der Waals surface area contributed by atoms with E-state index in [1.807, 2.05) is 12.1 Å². The Hall–Kier alpha value is -2.83. The molecule has 0 spiro atoms. The van der Waals surface area contributed by atoms with Crippen molar-refractivity contribution in [1.82, 2.24) is 0 Å². The van der Waals surface area contributed by atoms with Gasteiger partial charge >= 0.3 is 0 Å². The number of benzene rings is 3. The largest absolute Gasteiger partial charge is 0.489 e. The summed E-state index contributed by atoms with van der Waals surface area (Å²) < 4.78 is 30.8. The van der Waals surface area contributed by atoms with Crippen molar-refractivity contribution in [2.24, 2.45) is 0 Å². The van der Waals surface area contributed by atoms with E-state index in [0.717, 1.165) is 4.47 Å². The molecule has 0 fully saturated rings. The van der Waals surface area contributed by atoms with E-state index in [1.165, 1.54) is 18.4 Å². The second-order valence-corrected chi connectivity index (χ2v) is 7.41. The van der Waals surface area contributed by atoms with Crippen molar-refractivity contribution in [3.8, 4) is 17.2 Å². The minimum absolute atomic E-state index is 0.0798. The maximum atomic E-state index is 13.1. The molecule has 29 heavy (non-hydrogen) atoms. The van der Waals surface area contributed by atoms with Crippen LogP contribution in [0, 0.1) is 5.82 Å². The van der Waals surface area contributed by atoms with Crippen LogP contribution in [0.1, 0.15) is 5.56 Å². The Morgan fingerprint density at radius 2 is 1.86 bits per heavy atom. The zero-order valence-corrected chi connectivity index (χ0v) is 17.2. The molecule has 0 aliphatic carbocycles. The average Bonchev–Trinajstić information content (AvgIpc) is 2.71. The summed E-state index contributed by atoms with van der Waals surface area (Å²) in [5, 5.41) is 0.646. The van der Waals surface area contributed by atoms with Crippen LogP contribution in [-0.2, 0) is 6.61 Å². The zero-order chi connectivity index (χ0) is 20.4. The van der Waals surface area contributed by atoms with Gasteiger partial charge in [-0.2, -0.15) is 0 Å². The van der Waals surface area contributed by atoms with Gasteiger partial charge in [-0.3, -0.25) is 4.79 Å². The van der Waals surface area contributed by atoms with Gasteiger partial charge in [-0.15, -0.1) is 0 Å². The van der Waals surface area contributed by atoms with Gasteiger partial charge in [0.05, 0.1) is 14.9 Å². The van der Waals surface area contributed by atoms with Crippen LogP contribution in [0.3, 0.4) is 0 Å². The third kappa shape index (κ3) is 4.28. The first-order valence-corrected chi connectivity index (χ1v) is 9.73. The van der Waals surface area contributed by atoms with E-state index in [-0.39, 0.29) is 22.8 Å². The van der Waals surface area contributed by atoms with Gasteiger partial charge in [0, 0.05) is 11.6 Å². The second kappa shape index (κ2) is 8.27. The predicted molar refractivity (Wildman–Crippen MR) is 112 cm³/mol. The lowest BCUT2D eigenvalue weighted by Gasteiger charge is -2.10. The molecule has 0 unspecified atom stereocenters. The summed E-state index contributed by atoms with van der Waals surface area (Å²) in [7, 11) is 0. The highest BCUT2D eigenvalue weighted by Crippen LogP contribution is 2.29. The van der Waals surface area contributed by atoms with Crippen LogP contribution in [0.4, 0.5) is 4.39 Å². The van der Waals surface area contributed by atoms with Crippen molar-refractivity contribution in [2.45, 2.75) is 6.61 Å². The van der Waals surface area contributed by atoms with Crippen molar-refractivity contribution in [3.05, 3.63) is 98.0 Å². The second-order valence-electron chi connectivity index (χ2n) is 6.14. The fourth-order valence-electron chi connectivity index (χ4n) is 2.70. The first-order valence-electron chi connectivity index (χ1n) is 8.56. The van der Waals surface area contributed by atoms with E-state index < -0.39 is 5.82 Å². The van der Waals surface area contributed by atoms with Crippen molar-refractivity contribution in [2.75, 3.05) is 0 Å². The summed E-state index contributed by atoms with van der Waals surface area (Å²) in [5.41, 5.74) is 0.708. The lowest BCUT2D eigenvalue weighted by Crippen LogP contribution is -2.05. The van der Waals surface area contributed by atoms with Crippen molar-refractivity contribution in [1.29, 1.82) is 0 Å². The third-order valence-corrected chi connectivity index (χ3v) is 5.19. The van der Waals surface area contributed by atoms with Crippen LogP contribution in [-0.4, -0.2) is 0 Å². The van der Waals surface area contributed by atoms with E-state index >= 15 is 0 Å². The fourth-order valence-corrected chi connectivity index (χ4v) is 3.28. The van der Waals surface area contributed by atoms with Crippen LogP contribution >= 0.6 is 27.5 Å². The number of para-hydroxylation sites is 1. The molecule has 0 bridgehead atoms. The van der Waals surface area contributed by atoms with Crippen LogP contribution < -0.4 is 14.9 Å². The Morgan fingerprint density at radius 3 is 2.66 bits per heavy atom. The van der Waals surface area contributed by atoms with Crippen LogP contribution in [0.25, 0.3) is 11.0 Å². The lowest BCUT2D eigenvalue weighted by molar-refractivity contribution is 0.306. The standard InChI is InChI=1S/C22H13BrClFO4/c23-17-3-1-2-4-19(17)29-21-12-28-20-10-15(7-8-16(20)22(21)26)27-11-13-5-6-14(25)9-18(13)24/h1-10,12H,11H2. The molecule has 0 aliphatic rings. The van der Waals surface area contributed by atoms with Gasteiger partial charge in [0.2, 0.25) is 11.2 Å². The van der Waals surface area contributed by atoms with Gasteiger partial charge in [-0.1, -0.05) is 29.8 Å². The fraction of sp³-hybridized carbons (Fsp3) is 0.0455. The molecule has 1 aromatic heterocycles. The summed E-state index contributed by atoms with van der Waals surface area (Å²) >= 11 is 9.39. The zero-order valence-electron chi connectivity index (χ0n) is 14.8. The number of halogens is 3. The Bertz CT molecular complexity index is 1260. The topological polar surface area (TPSA) is 48.7 Å². The summed E-state index contributed by atoms with van der Waals surface area (Å²) in [4.78, 5) is 12.7. The molecule has 0 atom stereocenters. The van der Waals surface area contributed by atoms with E-state index in [2.05, 4.69) is 15.9 Å². The molecule has 0 aliphatic heterocycles. The monoisotopic (exact) mass is 474 g/mol. The smallest absolute Gasteiger partial charge is 0.235 e. The van der Waals surface area contributed by atoms with Gasteiger partial charge in [0.25, 0.3) is 0 Å². The predicted octanol–water partition coefficient (Wildman–Crippen LogP) is 6.72. The van der Waals surface area contributed by atoms with E-state index in [4.69, 9.17) is 25.5 Å². The molecular formula is C22H13BrClFO4. The summed E-state index contributed by atoms with van der Waals surface area (Å²) in [6.07, 6.45) is 1.27. The number of hydrogen-bond donors (Lipinski definition) is 0. The SMILES string of the molecule is O=c1c(Oc2ccccc2Br)coc2cc(OCc3ccc(F)cc3Cl)ccc12. The molecule has 0 N–H and O–H groups in total. The summed E-state index contributed by atoms with van der Waals surface area (Å²) in [5.74, 6) is 0.666. The van der Waals surface area contributed by atoms with Gasteiger partial charge in [-0.05, 0) is 52.3 Å². The molecular weight excluding hydrogens is 463 g/mol. The molecule has 3 aromatic carbocycles. The van der Waals surface area contributed by atoms with Gasteiger partial charge in [0.1, 0.15) is 35.8 Å². The van der Waals surface area contributed by atoms with Gasteiger partial charge in [0.15, 0.2) is 0 Å². The van der Waals surface area contributed by atoms with Crippen LogP contribution in [0.15, 0.2) is 80.6 Å². The minimum Gasteiger partial charge on any atom is -0.489 e. The quantitative estimate of drug-likeness (QED) is 0.321. The first kappa shape index (κ1) is 19.5. The third-order valence-electron chi connectivity index (χ3n) is 4.18. The number of rotatable bonds is 5. The molecule has 4 aromatic rings. The van der Waals surface area contributed by atoms with Crippen molar-refractivity contribution in [3.63, 3.8) is 0 Å². The molecule has 7 heteroatoms. The minimum atomic E-state index is -0.410. The summed E-state index contributed by atoms with van der Waals surface area (Å²) in [6, 6.07) is 16.2. The number of ether oxygens (including phenoxy) is 2. The van der Waals surface area contributed by atoms with Gasteiger partial charge in [-0.25, -0.2) is 4.39 Å². The Labute approximate surface area is 178 Å². The van der Waals surface area contributed by atoms with Crippen molar-refractivity contribution >= 4 is 38.5 Å². The highest BCUT2D eigenvalue weighted by molar-refractivity contribution is 9.10. The molecule has 1 heterocycles. The highest BCUT2D eigenvalue weighted by atomic mass is 79.9. The lowest BCUT2D eigenvalue weighted by atomic mass is 10.2. The first-order chi connectivity index (χ1) is 14.0. The molecule has 0 radical (unpaired) electrons. The van der Waals surface area contributed by atoms with E-state index in [9.17, 15) is 9.18 Å². The van der Waals surface area contributed by atoms with E-state index in [0.29, 0.717) is 28.0 Å². The number of hydrogen-bond acceptors (Lipinski definition) is 4. The van der Waals surface area contributed by atoms with Crippen molar-refractivity contribution < 1.29 is 18.3 Å². The Morgan fingerprint density at radius 1 is 1.03 bits per heavy atom. The molecule has 0 saturated carbocycles. The van der Waals surface area contributed by atoms with Crippen LogP contribution in [0.5, 0.6) is 17.2 Å². The molecule has 0 amide bonds. The maximum absolute atomic E-state index is 13.1. The molecule has 0 saturated heterocycles. The highest BCUT2D eigenvalue weighted by Gasteiger charge is 2.12. The summed E-state index contributed by atoms with van der Waals surface area (Å²) in [6.45, 7) is 0.151. The molecule has 146 valence electrons. The maximum Gasteiger partial charge on any atom is 0.235 e. The normalized spacial score (nSPS) is 10.9. The van der Waals surface area contributed by atoms with E-state index in [1.54, 1.807) is 36.4 Å². The average molecular weight is 476 g/mol. The van der Waals surface area contributed by atoms with Crippen LogP contribution in [0.2, 0.25) is 5.02 Å². The molecule has 4 rings (SSSR count). The number of fused-ring (bicyclic) bond motifs is 1. The molecule has 4 nitrogen and oxygen atoms in total. The van der Waals surface area contributed by atoms with Gasteiger partial charge < -0.3 is 13.9 Å². The Kier molecular flexibility index (Phi) is 5.56. The Balaban J connectivity index is 1.57.